The monoisotopic (exact) mass is 1570 g/mol. The van der Waals surface area contributed by atoms with Crippen LogP contribution in [0.2, 0.25) is 5.02 Å². The van der Waals surface area contributed by atoms with E-state index >= 15 is 0 Å². The Balaban J connectivity index is 0.000000145. The summed E-state index contributed by atoms with van der Waals surface area (Å²) in [4.78, 5) is 38.5. The Kier molecular flexibility index (Phi) is 23.0. The molecule has 1 aliphatic heterocycles. The summed E-state index contributed by atoms with van der Waals surface area (Å²) < 4.78 is 11.9. The van der Waals surface area contributed by atoms with Gasteiger partial charge in [0.15, 0.2) is 34.9 Å². The molecule has 19 rings (SSSR count). The summed E-state index contributed by atoms with van der Waals surface area (Å²) in [5.74, 6) is 3.69. The van der Waals surface area contributed by atoms with Gasteiger partial charge in [0.25, 0.3) is 0 Å². The minimum atomic E-state index is -0.307. The molecule has 0 amide bonds. The van der Waals surface area contributed by atoms with Gasteiger partial charge in [-0.25, -0.2) is 29.9 Å². The Bertz CT molecular complexity index is 6420. The zero-order valence-electron chi connectivity index (χ0n) is 67.5. The normalized spacial score (nSPS) is 12.5. The van der Waals surface area contributed by atoms with E-state index in [0.29, 0.717) is 40.0 Å². The number of hydrogen-bond acceptors (Lipinski definition) is 10. The number of benzene rings is 14. The van der Waals surface area contributed by atoms with Crippen molar-refractivity contribution in [2.24, 2.45) is 0 Å². The highest BCUT2D eigenvalue weighted by Crippen LogP contribution is 2.47. The fourth-order valence-electron chi connectivity index (χ4n) is 15.1. The first-order valence-corrected chi connectivity index (χ1v) is 40.7. The van der Waals surface area contributed by atoms with Crippen LogP contribution >= 0.6 is 11.6 Å². The van der Waals surface area contributed by atoms with Gasteiger partial charge in [-0.3, -0.25) is 9.97 Å². The van der Waals surface area contributed by atoms with Crippen molar-refractivity contribution in [2.45, 2.75) is 52.7 Å². The van der Waals surface area contributed by atoms with E-state index in [1.54, 1.807) is 6.20 Å². The molecule has 0 bridgehead atoms. The maximum absolute atomic E-state index is 6.21. The summed E-state index contributed by atoms with van der Waals surface area (Å²) in [6.07, 6.45) is 3.60. The van der Waals surface area contributed by atoms with Gasteiger partial charge in [-0.15, -0.1) is 0 Å². The summed E-state index contributed by atoms with van der Waals surface area (Å²) in [7, 11) is -0.307. The molecule has 0 radical (unpaired) electrons. The number of hydrogen-bond donors (Lipinski definition) is 0. The molecule has 1 fully saturated rings. The van der Waals surface area contributed by atoms with E-state index in [1.807, 2.05) is 123 Å². The molecule has 120 heavy (non-hydrogen) atoms. The second-order valence-electron chi connectivity index (χ2n) is 30.6. The van der Waals surface area contributed by atoms with Gasteiger partial charge < -0.3 is 9.31 Å². The van der Waals surface area contributed by atoms with E-state index in [1.165, 1.54) is 55.6 Å². The van der Waals surface area contributed by atoms with Crippen molar-refractivity contribution in [1.29, 1.82) is 0 Å². The zero-order valence-corrected chi connectivity index (χ0v) is 68.2. The summed E-state index contributed by atoms with van der Waals surface area (Å²) in [6.45, 7) is 12.2. The molecular weight excluding hydrogens is 1490 g/mol. The van der Waals surface area contributed by atoms with Crippen LogP contribution in [0.4, 0.5) is 0 Å². The number of halogens is 1. The topological polar surface area (TPSA) is 122 Å². The number of nitrogens with zero attached hydrogens (tertiary/aromatic N) is 8. The van der Waals surface area contributed by atoms with Crippen molar-refractivity contribution in [1.82, 2.24) is 39.9 Å². The van der Waals surface area contributed by atoms with Crippen molar-refractivity contribution in [3.63, 3.8) is 0 Å². The lowest BCUT2D eigenvalue weighted by molar-refractivity contribution is 0.00578. The van der Waals surface area contributed by atoms with Gasteiger partial charge in [0.1, 0.15) is 0 Å². The quantitative estimate of drug-likeness (QED) is 0.0865. The summed E-state index contributed by atoms with van der Waals surface area (Å²) in [6, 6.07) is 134. The van der Waals surface area contributed by atoms with Crippen LogP contribution in [0.3, 0.4) is 0 Å². The lowest BCUT2D eigenvalue weighted by atomic mass is 9.78. The minimum Gasteiger partial charge on any atom is -0.399 e. The van der Waals surface area contributed by atoms with Crippen LogP contribution in [0.1, 0.15) is 39.1 Å². The van der Waals surface area contributed by atoms with Gasteiger partial charge in [0.05, 0.1) is 11.2 Å². The summed E-state index contributed by atoms with van der Waals surface area (Å²) in [5, 5.41) is 0.665. The summed E-state index contributed by atoms with van der Waals surface area (Å²) >= 11 is 6.21. The Hall–Kier alpha value is -14.3. The molecule has 5 heterocycles. The smallest absolute Gasteiger partial charge is 0.399 e. The number of aryl methyl sites for hydroxylation is 2. The Morgan fingerprint density at radius 3 is 0.750 bits per heavy atom. The van der Waals surface area contributed by atoms with E-state index in [0.717, 1.165) is 94.7 Å². The molecule has 0 aliphatic carbocycles. The first kappa shape index (κ1) is 78.2. The first-order chi connectivity index (χ1) is 58.7. The highest BCUT2D eigenvalue weighted by atomic mass is 35.5. The van der Waals surface area contributed by atoms with Gasteiger partial charge in [0, 0.05) is 73.2 Å². The fourth-order valence-corrected chi connectivity index (χ4v) is 15.2. The molecule has 0 spiro atoms. The van der Waals surface area contributed by atoms with Crippen LogP contribution in [0.25, 0.3) is 168 Å². The van der Waals surface area contributed by atoms with E-state index in [2.05, 4.69) is 323 Å². The van der Waals surface area contributed by atoms with Crippen molar-refractivity contribution < 1.29 is 9.31 Å². The molecule has 12 heteroatoms. The summed E-state index contributed by atoms with van der Waals surface area (Å²) in [5.41, 5.74) is 28.7. The highest BCUT2D eigenvalue weighted by molar-refractivity contribution is 6.62. The Morgan fingerprint density at radius 2 is 0.458 bits per heavy atom. The minimum absolute atomic E-state index is 0.292. The van der Waals surface area contributed by atoms with Gasteiger partial charge in [-0.05, 0) is 197 Å². The average Bonchev–Trinajstić information content (AvgIpc) is 1.74. The highest BCUT2D eigenvalue weighted by Gasteiger charge is 2.52. The molecule has 578 valence electrons. The zero-order chi connectivity index (χ0) is 81.9. The lowest BCUT2D eigenvalue weighted by Crippen LogP contribution is -2.41. The predicted octanol–water partition coefficient (Wildman–Crippen LogP) is 26.8. The first-order valence-electron chi connectivity index (χ1n) is 40.3. The van der Waals surface area contributed by atoms with E-state index in [4.69, 9.17) is 50.8 Å². The van der Waals surface area contributed by atoms with E-state index < -0.39 is 0 Å². The molecule has 1 saturated heterocycles. The van der Waals surface area contributed by atoms with Gasteiger partial charge in [0.2, 0.25) is 0 Å². The van der Waals surface area contributed by atoms with Crippen LogP contribution in [-0.4, -0.2) is 58.2 Å². The van der Waals surface area contributed by atoms with Gasteiger partial charge >= 0.3 is 7.12 Å². The maximum Gasteiger partial charge on any atom is 0.496 e. The SMILES string of the molecule is Cc1ncccc1-c1ccc(-c2nc(-c3ccccc3)nc(-c3ccc(-c4c(-c5ccccc5)cc(-c5ccccc5)cc4-c4ccccc4)cc3)n2)cc1.Cc1ncccc1B1OC(C)(C)C(C)(C)O1.Clc1ccc(-c2nc(-c3ccccc3)nc(-c3ccc(-c4c(-c5ccccc5)cc(-c5ccccc5)cc4-c4ccccc4)cc3)n2)cc1. The van der Waals surface area contributed by atoms with Crippen LogP contribution in [-0.2, 0) is 9.31 Å². The van der Waals surface area contributed by atoms with Crippen molar-refractivity contribution in [2.75, 3.05) is 0 Å². The van der Waals surface area contributed by atoms with Crippen LogP contribution in [0.15, 0.2) is 401 Å². The van der Waals surface area contributed by atoms with E-state index in [-0.39, 0.29) is 18.3 Å². The largest absolute Gasteiger partial charge is 0.496 e. The predicted molar refractivity (Wildman–Crippen MR) is 493 cm³/mol. The lowest BCUT2D eigenvalue weighted by Gasteiger charge is -2.32. The van der Waals surface area contributed by atoms with Crippen LogP contribution in [0, 0.1) is 13.8 Å². The van der Waals surface area contributed by atoms with Crippen molar-refractivity contribution >= 4 is 24.2 Å². The Labute approximate surface area is 707 Å². The van der Waals surface area contributed by atoms with Gasteiger partial charge in [-0.1, -0.05) is 339 Å². The van der Waals surface area contributed by atoms with Crippen LogP contribution < -0.4 is 5.46 Å². The number of aromatic nitrogens is 8. The molecule has 0 atom stereocenters. The van der Waals surface area contributed by atoms with Crippen LogP contribution in [0.5, 0.6) is 0 Å². The van der Waals surface area contributed by atoms with E-state index in [9.17, 15) is 0 Å². The molecule has 10 nitrogen and oxygen atoms in total. The molecule has 4 aromatic heterocycles. The maximum atomic E-state index is 6.21. The van der Waals surface area contributed by atoms with Crippen molar-refractivity contribution in [3.05, 3.63) is 417 Å². The number of pyridine rings is 2. The average molecular weight is 1570 g/mol. The second-order valence-corrected chi connectivity index (χ2v) is 31.0. The molecule has 0 unspecified atom stereocenters. The Morgan fingerprint density at radius 1 is 0.225 bits per heavy atom. The molecule has 0 saturated carbocycles. The molecule has 14 aromatic carbocycles. The fraction of sp³-hybridized carbons (Fsp3) is 0.0741. The third-order valence-corrected chi connectivity index (χ3v) is 22.4. The second kappa shape index (κ2) is 35.2. The standard InChI is InChI=1S/C51H36N4.C45H30ClN3.C12H18BNO2/c1-35-45(23-14-32-52-35)39-24-28-42(29-25-39)50-53-49(41-21-12-5-13-22-41)54-51(55-50)43-30-26-40(27-31-43)48-46(37-17-8-3-9-18-37)33-44(36-15-6-2-7-16-36)34-47(48)38-19-10-4-11-20-38;46-39-27-25-37(26-28-39)45-48-43(35-19-11-4-12-20-35)47-44(49-45)36-23-21-34(22-24-36)42-40(32-15-7-2-8-16-32)29-38(31-13-5-1-6-14-31)30-41(42)33-17-9-3-10-18-33;1-9-10(7-6-8-14-9)13-15-11(2,3)12(4,5)16-13/h2-34H,1H3;1-30H;6-8H,1-5H3. The molecule has 1 aliphatic rings. The molecule has 0 N–H and O–H groups in total. The molecular formula is C108H84BClN8O2. The number of rotatable bonds is 16. The third kappa shape index (κ3) is 17.4. The third-order valence-electron chi connectivity index (χ3n) is 22.1. The molecule has 18 aromatic rings. The van der Waals surface area contributed by atoms with Crippen molar-refractivity contribution in [3.8, 4) is 168 Å². The van der Waals surface area contributed by atoms with Gasteiger partial charge in [-0.2, -0.15) is 0 Å².